The molecule has 8 nitrogen and oxygen atoms in total. The van der Waals surface area contributed by atoms with Crippen molar-refractivity contribution in [2.75, 3.05) is 54.1 Å². The number of rotatable bonds is 52. The number of esters is 1. The smallest absolute Gasteiger partial charge is 0.457 e. The molecule has 0 fully saturated rings. The number of phosphoric ester groups is 1. The van der Waals surface area contributed by atoms with E-state index < -0.39 is 13.9 Å². The van der Waals surface area contributed by atoms with Crippen LogP contribution in [0.2, 0.25) is 0 Å². The SMILES string of the molecule is CCCCCC/C=C\C/C=C\CCCCCCCCCC(=O)OC(COCCCCCCCCCCCCCCCCCCCCCCCCCC)COP(=O)(O)OCC[N+](C)(C)C. The van der Waals surface area contributed by atoms with E-state index in [1.165, 1.54) is 199 Å². The highest BCUT2D eigenvalue weighted by Crippen LogP contribution is 2.43. The molecule has 2 unspecified atom stereocenters. The summed E-state index contributed by atoms with van der Waals surface area (Å²) in [5.41, 5.74) is 0. The van der Waals surface area contributed by atoms with Crippen molar-refractivity contribution in [2.45, 2.75) is 270 Å². The zero-order valence-corrected chi connectivity index (χ0v) is 44.2. The van der Waals surface area contributed by atoms with E-state index in [4.69, 9.17) is 18.5 Å². The lowest BCUT2D eigenvalue weighted by Crippen LogP contribution is -2.37. The lowest BCUT2D eigenvalue weighted by molar-refractivity contribution is -0.870. The van der Waals surface area contributed by atoms with Gasteiger partial charge in [0.25, 0.3) is 0 Å². The summed E-state index contributed by atoms with van der Waals surface area (Å²) >= 11 is 0. The zero-order chi connectivity index (χ0) is 46.9. The van der Waals surface area contributed by atoms with Crippen LogP contribution in [0.4, 0.5) is 0 Å². The number of nitrogens with zero attached hydrogens (tertiary/aromatic N) is 1. The minimum absolute atomic E-state index is 0.0893. The number of likely N-dealkylation sites (N-methyl/N-ethyl adjacent to an activating group) is 1. The Morgan fingerprint density at radius 1 is 0.484 bits per heavy atom. The molecule has 0 bridgehead atoms. The minimum atomic E-state index is -4.28. The predicted molar refractivity (Wildman–Crippen MR) is 275 cm³/mol. The van der Waals surface area contributed by atoms with Crippen LogP contribution in [0, 0.1) is 0 Å². The van der Waals surface area contributed by atoms with Gasteiger partial charge in [-0.1, -0.05) is 237 Å². The van der Waals surface area contributed by atoms with Crippen molar-refractivity contribution in [1.82, 2.24) is 0 Å². The fraction of sp³-hybridized carbons (Fsp3) is 0.909. The molecule has 0 aromatic heterocycles. The molecule has 0 saturated heterocycles. The first-order valence-corrected chi connectivity index (χ1v) is 29.1. The van der Waals surface area contributed by atoms with Gasteiger partial charge in [-0.3, -0.25) is 13.8 Å². The molecule has 0 heterocycles. The molecule has 0 aliphatic rings. The second-order valence-corrected chi connectivity index (χ2v) is 21.4. The summed E-state index contributed by atoms with van der Waals surface area (Å²) in [4.78, 5) is 23.0. The van der Waals surface area contributed by atoms with E-state index in [9.17, 15) is 14.3 Å². The molecular formula is C55H109NO7P+. The van der Waals surface area contributed by atoms with Gasteiger partial charge in [-0.25, -0.2) is 4.57 Å². The largest absolute Gasteiger partial charge is 0.472 e. The third kappa shape index (κ3) is 52.0. The summed E-state index contributed by atoms with van der Waals surface area (Å²) < 4.78 is 35.2. The van der Waals surface area contributed by atoms with E-state index in [-0.39, 0.29) is 25.8 Å². The van der Waals surface area contributed by atoms with E-state index in [1.54, 1.807) is 0 Å². The van der Waals surface area contributed by atoms with Gasteiger partial charge in [0.2, 0.25) is 0 Å². The molecule has 0 amide bonds. The number of phosphoric acid groups is 1. The lowest BCUT2D eigenvalue weighted by Gasteiger charge is -2.24. The fourth-order valence-electron chi connectivity index (χ4n) is 8.00. The highest BCUT2D eigenvalue weighted by molar-refractivity contribution is 7.47. The maximum atomic E-state index is 12.8. The van der Waals surface area contributed by atoms with Crippen LogP contribution in [-0.4, -0.2) is 75.6 Å². The second kappa shape index (κ2) is 48.4. The molecule has 0 spiro atoms. The summed E-state index contributed by atoms with van der Waals surface area (Å²) in [5.74, 6) is -0.316. The van der Waals surface area contributed by atoms with Crippen molar-refractivity contribution in [3.05, 3.63) is 24.3 Å². The number of ether oxygens (including phenoxy) is 2. The molecule has 1 N–H and O–H groups in total. The van der Waals surface area contributed by atoms with Crippen LogP contribution in [-0.2, 0) is 27.9 Å². The van der Waals surface area contributed by atoms with Gasteiger partial charge in [0, 0.05) is 13.0 Å². The summed E-state index contributed by atoms with van der Waals surface area (Å²) in [5, 5.41) is 0. The van der Waals surface area contributed by atoms with Crippen LogP contribution in [0.15, 0.2) is 24.3 Å². The van der Waals surface area contributed by atoms with Crippen molar-refractivity contribution < 1.29 is 37.3 Å². The molecule has 0 aliphatic carbocycles. The molecule has 0 aliphatic heterocycles. The standard InChI is InChI=1S/C55H108NO7P/c1-6-8-10-12-14-16-18-20-22-24-26-27-28-29-30-31-33-35-37-39-41-43-45-47-50-60-52-54(53-62-64(58,59)61-51-49-56(3,4)5)63-55(57)48-46-44-42-40-38-36-34-32-25-23-21-19-17-15-13-11-9-7-2/h17,19,23,25,54H,6-16,18,20-22,24,26-53H2,1-5H3/p+1/b19-17-,25-23-. The van der Waals surface area contributed by atoms with Gasteiger partial charge < -0.3 is 18.9 Å². The molecule has 2 atom stereocenters. The molecule has 0 saturated carbocycles. The Balaban J connectivity index is 4.05. The van der Waals surface area contributed by atoms with Crippen molar-refractivity contribution in [3.8, 4) is 0 Å². The lowest BCUT2D eigenvalue weighted by atomic mass is 10.0. The predicted octanol–water partition coefficient (Wildman–Crippen LogP) is 17.1. The molecule has 0 rings (SSSR count). The number of carbonyl (C=O) groups excluding carboxylic acids is 1. The molecule has 0 aromatic rings. The van der Waals surface area contributed by atoms with E-state index in [2.05, 4.69) is 38.2 Å². The Morgan fingerprint density at radius 3 is 1.28 bits per heavy atom. The van der Waals surface area contributed by atoms with Crippen molar-refractivity contribution in [3.63, 3.8) is 0 Å². The first-order chi connectivity index (χ1) is 31.1. The zero-order valence-electron chi connectivity index (χ0n) is 43.3. The number of carbonyl (C=O) groups is 1. The van der Waals surface area contributed by atoms with Gasteiger partial charge >= 0.3 is 13.8 Å². The maximum Gasteiger partial charge on any atom is 0.472 e. The average Bonchev–Trinajstić information content (AvgIpc) is 3.25. The van der Waals surface area contributed by atoms with Gasteiger partial charge in [-0.05, 0) is 44.9 Å². The van der Waals surface area contributed by atoms with Gasteiger partial charge in [-0.2, -0.15) is 0 Å². The van der Waals surface area contributed by atoms with E-state index in [0.29, 0.717) is 24.1 Å². The minimum Gasteiger partial charge on any atom is -0.457 e. The molecule has 0 aromatic carbocycles. The average molecular weight is 927 g/mol. The Morgan fingerprint density at radius 2 is 0.859 bits per heavy atom. The first kappa shape index (κ1) is 63.0. The van der Waals surface area contributed by atoms with Crippen LogP contribution < -0.4 is 0 Å². The van der Waals surface area contributed by atoms with Crippen LogP contribution >= 0.6 is 7.82 Å². The number of hydrogen-bond donors (Lipinski definition) is 1. The van der Waals surface area contributed by atoms with Crippen LogP contribution in [0.3, 0.4) is 0 Å². The van der Waals surface area contributed by atoms with Gasteiger partial charge in [-0.15, -0.1) is 0 Å². The molecule has 9 heteroatoms. The van der Waals surface area contributed by atoms with Crippen LogP contribution in [0.25, 0.3) is 0 Å². The van der Waals surface area contributed by atoms with E-state index >= 15 is 0 Å². The molecule has 380 valence electrons. The van der Waals surface area contributed by atoms with Crippen molar-refractivity contribution in [1.29, 1.82) is 0 Å². The number of hydrogen-bond acceptors (Lipinski definition) is 6. The maximum absolute atomic E-state index is 12.8. The third-order valence-electron chi connectivity index (χ3n) is 12.3. The monoisotopic (exact) mass is 927 g/mol. The van der Waals surface area contributed by atoms with E-state index in [1.807, 2.05) is 21.1 Å². The van der Waals surface area contributed by atoms with Gasteiger partial charge in [0.15, 0.2) is 0 Å². The van der Waals surface area contributed by atoms with Crippen molar-refractivity contribution in [2.24, 2.45) is 0 Å². The van der Waals surface area contributed by atoms with Gasteiger partial charge in [0.05, 0.1) is 34.4 Å². The summed E-state index contributed by atoms with van der Waals surface area (Å²) in [6.07, 6.45) is 58.1. The Hall–Kier alpha value is -1.02. The molecule has 64 heavy (non-hydrogen) atoms. The molecular weight excluding hydrogens is 818 g/mol. The number of unbranched alkanes of at least 4 members (excludes halogenated alkanes) is 34. The highest BCUT2D eigenvalue weighted by atomic mass is 31.2. The van der Waals surface area contributed by atoms with Crippen LogP contribution in [0.1, 0.15) is 264 Å². The second-order valence-electron chi connectivity index (χ2n) is 20.0. The first-order valence-electron chi connectivity index (χ1n) is 27.6. The van der Waals surface area contributed by atoms with Crippen molar-refractivity contribution >= 4 is 13.8 Å². The topological polar surface area (TPSA) is 91.3 Å². The van der Waals surface area contributed by atoms with Gasteiger partial charge in [0.1, 0.15) is 19.3 Å². The summed E-state index contributed by atoms with van der Waals surface area (Å²) in [6.45, 7) is 5.66. The highest BCUT2D eigenvalue weighted by Gasteiger charge is 2.26. The van der Waals surface area contributed by atoms with Crippen LogP contribution in [0.5, 0.6) is 0 Å². The quantitative estimate of drug-likeness (QED) is 0.0214. The molecule has 0 radical (unpaired) electrons. The summed E-state index contributed by atoms with van der Waals surface area (Å²) in [7, 11) is 1.68. The fourth-order valence-corrected chi connectivity index (χ4v) is 8.74. The Bertz CT molecular complexity index is 1080. The Kier molecular flexibility index (Phi) is 47.7. The number of allylic oxidation sites excluding steroid dienone is 4. The third-order valence-corrected chi connectivity index (χ3v) is 13.2. The Labute approximate surface area is 398 Å². The normalized spacial score (nSPS) is 13.7. The van der Waals surface area contributed by atoms with E-state index in [0.717, 1.165) is 44.9 Å². The summed E-state index contributed by atoms with van der Waals surface area (Å²) in [6, 6.07) is 0. The number of quaternary nitrogens is 1.